The lowest BCUT2D eigenvalue weighted by Crippen LogP contribution is -2.14. The molecule has 0 spiro atoms. The third-order valence-corrected chi connectivity index (χ3v) is 5.51. The highest BCUT2D eigenvalue weighted by molar-refractivity contribution is 7.15. The van der Waals surface area contributed by atoms with Crippen molar-refractivity contribution in [2.75, 3.05) is 11.9 Å². The molecule has 0 unspecified atom stereocenters. The summed E-state index contributed by atoms with van der Waals surface area (Å²) in [5, 5.41) is 5.23. The van der Waals surface area contributed by atoms with Gasteiger partial charge in [-0.3, -0.25) is 4.79 Å². The molecule has 4 rings (SSSR count). The number of hydrogen-bond acceptors (Lipinski definition) is 4. The van der Waals surface area contributed by atoms with Gasteiger partial charge in [0.15, 0.2) is 0 Å². The normalized spacial score (nSPS) is 10.6. The van der Waals surface area contributed by atoms with Gasteiger partial charge in [-0.25, -0.2) is 4.79 Å². The Labute approximate surface area is 178 Å². The molecule has 0 bridgehead atoms. The molecule has 0 aliphatic heterocycles. The minimum Gasteiger partial charge on any atom is -0.462 e. The fourth-order valence-electron chi connectivity index (χ4n) is 3.15. The molecule has 5 nitrogen and oxygen atoms in total. The Hall–Kier alpha value is -3.64. The first-order chi connectivity index (χ1) is 14.7. The first-order valence-corrected chi connectivity index (χ1v) is 10.4. The summed E-state index contributed by atoms with van der Waals surface area (Å²) in [6.07, 6.45) is 3.88. The predicted octanol–water partition coefficient (Wildman–Crippen LogP) is 5.63. The van der Waals surface area contributed by atoms with Crippen LogP contribution < -0.4 is 5.32 Å². The standard InChI is InChI=1S/C24H20N2O3S/c1-2-29-24(28)21-20(17-8-4-3-5-9-17)16-30-23(21)25-22(27)18-10-12-19(13-11-18)26-14-6-7-15-26/h3-16H,2H2,1H3,(H,25,27). The van der Waals surface area contributed by atoms with Crippen LogP contribution >= 0.6 is 11.3 Å². The Bertz CT molecular complexity index is 1150. The molecule has 0 aliphatic rings. The van der Waals surface area contributed by atoms with Crippen LogP contribution in [-0.2, 0) is 4.74 Å². The number of nitrogens with one attached hydrogen (secondary N) is 1. The number of amides is 1. The molecule has 4 aromatic rings. The number of esters is 1. The van der Waals surface area contributed by atoms with Crippen LogP contribution in [0.3, 0.4) is 0 Å². The van der Waals surface area contributed by atoms with Gasteiger partial charge in [0.2, 0.25) is 0 Å². The summed E-state index contributed by atoms with van der Waals surface area (Å²) in [6.45, 7) is 2.02. The number of anilines is 1. The van der Waals surface area contributed by atoms with Crippen molar-refractivity contribution >= 4 is 28.2 Å². The fraction of sp³-hybridized carbons (Fsp3) is 0.0833. The van der Waals surface area contributed by atoms with Crippen LogP contribution in [-0.4, -0.2) is 23.1 Å². The lowest BCUT2D eigenvalue weighted by molar-refractivity contribution is 0.0529. The molecular formula is C24H20N2O3S. The van der Waals surface area contributed by atoms with Crippen LogP contribution in [0, 0.1) is 0 Å². The Balaban J connectivity index is 1.61. The number of benzene rings is 2. The summed E-state index contributed by atoms with van der Waals surface area (Å²) in [5.41, 5.74) is 3.50. The van der Waals surface area contributed by atoms with Gasteiger partial charge in [-0.05, 0) is 48.9 Å². The molecule has 150 valence electrons. The highest BCUT2D eigenvalue weighted by Crippen LogP contribution is 2.36. The van der Waals surface area contributed by atoms with E-state index in [0.29, 0.717) is 16.1 Å². The van der Waals surface area contributed by atoms with Crippen LogP contribution in [0.1, 0.15) is 27.6 Å². The third-order valence-electron chi connectivity index (χ3n) is 4.61. The third kappa shape index (κ3) is 4.04. The average Bonchev–Trinajstić information content (AvgIpc) is 3.45. The van der Waals surface area contributed by atoms with Crippen molar-refractivity contribution in [2.45, 2.75) is 6.92 Å². The van der Waals surface area contributed by atoms with Gasteiger partial charge in [0.1, 0.15) is 10.6 Å². The van der Waals surface area contributed by atoms with Gasteiger partial charge in [0, 0.05) is 34.6 Å². The van der Waals surface area contributed by atoms with Gasteiger partial charge in [0.25, 0.3) is 5.91 Å². The maximum Gasteiger partial charge on any atom is 0.341 e. The number of nitrogens with zero attached hydrogens (tertiary/aromatic N) is 1. The van der Waals surface area contributed by atoms with E-state index in [0.717, 1.165) is 16.8 Å². The highest BCUT2D eigenvalue weighted by atomic mass is 32.1. The Morgan fingerprint density at radius 3 is 2.33 bits per heavy atom. The quantitative estimate of drug-likeness (QED) is 0.414. The number of rotatable bonds is 6. The van der Waals surface area contributed by atoms with Crippen molar-refractivity contribution < 1.29 is 14.3 Å². The molecule has 0 saturated heterocycles. The van der Waals surface area contributed by atoms with Gasteiger partial charge in [-0.1, -0.05) is 30.3 Å². The Kier molecular flexibility index (Phi) is 5.77. The molecular weight excluding hydrogens is 396 g/mol. The van der Waals surface area contributed by atoms with E-state index in [9.17, 15) is 9.59 Å². The molecule has 0 aliphatic carbocycles. The number of carbonyl (C=O) groups excluding carboxylic acids is 2. The van der Waals surface area contributed by atoms with E-state index in [1.165, 1.54) is 11.3 Å². The zero-order valence-corrected chi connectivity index (χ0v) is 17.2. The van der Waals surface area contributed by atoms with Crippen molar-refractivity contribution in [3.63, 3.8) is 0 Å². The molecule has 1 N–H and O–H groups in total. The van der Waals surface area contributed by atoms with Gasteiger partial charge >= 0.3 is 5.97 Å². The van der Waals surface area contributed by atoms with E-state index in [2.05, 4.69) is 5.32 Å². The monoisotopic (exact) mass is 416 g/mol. The molecule has 1 amide bonds. The number of hydrogen-bond donors (Lipinski definition) is 1. The summed E-state index contributed by atoms with van der Waals surface area (Å²) in [5.74, 6) is -0.725. The van der Waals surface area contributed by atoms with Crippen LogP contribution in [0.5, 0.6) is 0 Å². The second-order valence-electron chi connectivity index (χ2n) is 6.53. The molecule has 0 radical (unpaired) electrons. The summed E-state index contributed by atoms with van der Waals surface area (Å²) in [6, 6.07) is 20.8. The molecule has 2 aromatic carbocycles. The van der Waals surface area contributed by atoms with Crippen molar-refractivity contribution in [1.82, 2.24) is 4.57 Å². The highest BCUT2D eigenvalue weighted by Gasteiger charge is 2.23. The minimum atomic E-state index is -0.448. The van der Waals surface area contributed by atoms with Crippen LogP contribution in [0.2, 0.25) is 0 Å². The summed E-state index contributed by atoms with van der Waals surface area (Å²) in [4.78, 5) is 25.5. The zero-order chi connectivity index (χ0) is 20.9. The van der Waals surface area contributed by atoms with Crippen molar-refractivity contribution in [3.8, 4) is 16.8 Å². The van der Waals surface area contributed by atoms with E-state index >= 15 is 0 Å². The molecule has 0 fully saturated rings. The first-order valence-electron chi connectivity index (χ1n) is 9.56. The molecule has 0 atom stereocenters. The maximum absolute atomic E-state index is 12.8. The molecule has 0 saturated carbocycles. The van der Waals surface area contributed by atoms with E-state index in [1.807, 2.05) is 76.9 Å². The number of carbonyl (C=O) groups is 2. The Morgan fingerprint density at radius 1 is 0.967 bits per heavy atom. The summed E-state index contributed by atoms with van der Waals surface area (Å²) < 4.78 is 7.21. The van der Waals surface area contributed by atoms with Gasteiger partial charge in [0.05, 0.1) is 6.61 Å². The van der Waals surface area contributed by atoms with E-state index in [-0.39, 0.29) is 12.5 Å². The number of ether oxygens (including phenoxy) is 1. The number of aromatic nitrogens is 1. The molecule has 2 heterocycles. The SMILES string of the molecule is CCOC(=O)c1c(-c2ccccc2)csc1NC(=O)c1ccc(-n2cccc2)cc1. The molecule has 6 heteroatoms. The molecule has 2 aromatic heterocycles. The van der Waals surface area contributed by atoms with E-state index in [4.69, 9.17) is 4.74 Å². The minimum absolute atomic E-state index is 0.261. The maximum atomic E-state index is 12.8. The van der Waals surface area contributed by atoms with Crippen molar-refractivity contribution in [3.05, 3.63) is 95.6 Å². The van der Waals surface area contributed by atoms with Crippen LogP contribution in [0.25, 0.3) is 16.8 Å². The van der Waals surface area contributed by atoms with Crippen LogP contribution in [0.15, 0.2) is 84.5 Å². The average molecular weight is 417 g/mol. The lowest BCUT2D eigenvalue weighted by Gasteiger charge is -2.09. The second kappa shape index (κ2) is 8.80. The summed E-state index contributed by atoms with van der Waals surface area (Å²) in [7, 11) is 0. The lowest BCUT2D eigenvalue weighted by atomic mass is 10.0. The van der Waals surface area contributed by atoms with Crippen molar-refractivity contribution in [1.29, 1.82) is 0 Å². The van der Waals surface area contributed by atoms with E-state index < -0.39 is 5.97 Å². The zero-order valence-electron chi connectivity index (χ0n) is 16.4. The first kappa shape index (κ1) is 19.7. The number of thiophene rings is 1. The second-order valence-corrected chi connectivity index (χ2v) is 7.41. The van der Waals surface area contributed by atoms with Crippen LogP contribution in [0.4, 0.5) is 5.00 Å². The Morgan fingerprint density at radius 2 is 1.67 bits per heavy atom. The van der Waals surface area contributed by atoms with Gasteiger partial charge in [-0.2, -0.15) is 0 Å². The predicted molar refractivity (Wildman–Crippen MR) is 119 cm³/mol. The van der Waals surface area contributed by atoms with E-state index in [1.54, 1.807) is 19.1 Å². The van der Waals surface area contributed by atoms with Gasteiger partial charge < -0.3 is 14.6 Å². The fourth-order valence-corrected chi connectivity index (χ4v) is 4.11. The molecule has 30 heavy (non-hydrogen) atoms. The topological polar surface area (TPSA) is 60.3 Å². The summed E-state index contributed by atoms with van der Waals surface area (Å²) >= 11 is 1.31. The smallest absolute Gasteiger partial charge is 0.341 e. The van der Waals surface area contributed by atoms with Crippen molar-refractivity contribution in [2.24, 2.45) is 0 Å². The van der Waals surface area contributed by atoms with Gasteiger partial charge in [-0.15, -0.1) is 11.3 Å². The largest absolute Gasteiger partial charge is 0.462 e.